The summed E-state index contributed by atoms with van der Waals surface area (Å²) in [6.45, 7) is 0. The van der Waals surface area contributed by atoms with Crippen LogP contribution in [0.1, 0.15) is 0 Å². The zero-order valence-corrected chi connectivity index (χ0v) is 9.82. The summed E-state index contributed by atoms with van der Waals surface area (Å²) in [4.78, 5) is 14.1. The van der Waals surface area contributed by atoms with E-state index in [9.17, 15) is 0 Å². The van der Waals surface area contributed by atoms with E-state index in [1.807, 2.05) is 24.4 Å². The molecule has 0 aliphatic heterocycles. The van der Waals surface area contributed by atoms with Crippen LogP contribution in [0.3, 0.4) is 0 Å². The van der Waals surface area contributed by atoms with Crippen LogP contribution in [0.15, 0.2) is 17.9 Å². The van der Waals surface area contributed by atoms with Gasteiger partial charge in [-0.25, -0.2) is 15.0 Å². The molecule has 16 heavy (non-hydrogen) atoms. The van der Waals surface area contributed by atoms with Crippen LogP contribution < -0.4 is 16.0 Å². The molecule has 0 bridgehead atoms. The van der Waals surface area contributed by atoms with Crippen molar-refractivity contribution in [3.05, 3.63) is 17.9 Å². The fourth-order valence-electron chi connectivity index (χ4n) is 1.23. The van der Waals surface area contributed by atoms with Gasteiger partial charge in [0.2, 0.25) is 0 Å². The molecular formula is C9H12N6S. The molecule has 0 amide bonds. The zero-order chi connectivity index (χ0) is 11.5. The van der Waals surface area contributed by atoms with Gasteiger partial charge in [-0.1, -0.05) is 0 Å². The van der Waals surface area contributed by atoms with Gasteiger partial charge in [0, 0.05) is 25.7 Å². The maximum Gasteiger partial charge on any atom is 0.188 e. The molecule has 84 valence electrons. The molecule has 0 radical (unpaired) electrons. The first-order chi connectivity index (χ1) is 7.68. The third kappa shape index (κ3) is 2.03. The molecular weight excluding hydrogens is 224 g/mol. The van der Waals surface area contributed by atoms with Gasteiger partial charge in [-0.05, 0) is 0 Å². The van der Waals surface area contributed by atoms with Crippen molar-refractivity contribution >= 4 is 33.8 Å². The molecule has 0 aliphatic rings. The fourth-order valence-corrected chi connectivity index (χ4v) is 1.76. The summed E-state index contributed by atoms with van der Waals surface area (Å²) in [5.41, 5.74) is 6.46. The molecule has 0 spiro atoms. The van der Waals surface area contributed by atoms with Crippen molar-refractivity contribution in [2.75, 3.05) is 30.0 Å². The van der Waals surface area contributed by atoms with Crippen LogP contribution in [0.5, 0.6) is 0 Å². The lowest BCUT2D eigenvalue weighted by Crippen LogP contribution is -2.14. The molecule has 0 aliphatic carbocycles. The number of nitrogens with one attached hydrogen (secondary N) is 1. The normalized spacial score (nSPS) is 10.1. The second-order valence-corrected chi connectivity index (χ2v) is 4.21. The van der Waals surface area contributed by atoms with E-state index in [4.69, 9.17) is 5.73 Å². The summed E-state index contributed by atoms with van der Waals surface area (Å²) in [5.74, 6) is 1.27. The van der Waals surface area contributed by atoms with Crippen LogP contribution in [0, 0.1) is 0 Å². The fraction of sp³-hybridized carbons (Fsp3) is 0.222. The van der Waals surface area contributed by atoms with E-state index < -0.39 is 0 Å². The number of rotatable bonds is 3. The van der Waals surface area contributed by atoms with Crippen LogP contribution >= 0.6 is 11.3 Å². The Morgan fingerprint density at radius 1 is 1.31 bits per heavy atom. The number of nitrogens with zero attached hydrogens (tertiary/aromatic N) is 4. The molecule has 2 aromatic rings. The van der Waals surface area contributed by atoms with Crippen molar-refractivity contribution in [2.24, 2.45) is 0 Å². The maximum atomic E-state index is 5.95. The van der Waals surface area contributed by atoms with Crippen LogP contribution in [-0.4, -0.2) is 29.0 Å². The minimum Gasteiger partial charge on any atom is -0.393 e. The van der Waals surface area contributed by atoms with E-state index in [-0.39, 0.29) is 0 Å². The number of nitrogens with two attached hydrogens (primary N) is 1. The van der Waals surface area contributed by atoms with E-state index in [0.29, 0.717) is 17.3 Å². The summed E-state index contributed by atoms with van der Waals surface area (Å²) >= 11 is 1.49. The number of hydrogen-bond acceptors (Lipinski definition) is 7. The maximum absolute atomic E-state index is 5.95. The number of hydrogen-bond donors (Lipinski definition) is 2. The summed E-state index contributed by atoms with van der Waals surface area (Å²) in [6.07, 6.45) is 3.19. The summed E-state index contributed by atoms with van der Waals surface area (Å²) in [7, 11) is 3.76. The van der Waals surface area contributed by atoms with Crippen molar-refractivity contribution in [1.29, 1.82) is 0 Å². The van der Waals surface area contributed by atoms with Gasteiger partial charge in [-0.3, -0.25) is 0 Å². The Morgan fingerprint density at radius 2 is 2.12 bits per heavy atom. The van der Waals surface area contributed by atoms with Crippen LogP contribution in [0.4, 0.5) is 22.5 Å². The third-order valence-corrected chi connectivity index (χ3v) is 2.63. The van der Waals surface area contributed by atoms with E-state index >= 15 is 0 Å². The van der Waals surface area contributed by atoms with Gasteiger partial charge in [-0.15, -0.1) is 11.3 Å². The van der Waals surface area contributed by atoms with Gasteiger partial charge in [0.25, 0.3) is 0 Å². The van der Waals surface area contributed by atoms with Gasteiger partial charge in [-0.2, -0.15) is 0 Å². The highest BCUT2D eigenvalue weighted by Gasteiger charge is 2.10. The first kappa shape index (κ1) is 10.6. The topological polar surface area (TPSA) is 80.0 Å². The summed E-state index contributed by atoms with van der Waals surface area (Å²) < 4.78 is 0. The number of aromatic nitrogens is 3. The minimum atomic E-state index is 0.516. The highest BCUT2D eigenvalue weighted by atomic mass is 32.1. The quantitative estimate of drug-likeness (QED) is 0.836. The molecule has 3 N–H and O–H groups in total. The molecule has 2 rings (SSSR count). The summed E-state index contributed by atoms with van der Waals surface area (Å²) in [5, 5.41) is 5.69. The van der Waals surface area contributed by atoms with Gasteiger partial charge in [0.1, 0.15) is 12.0 Å². The monoisotopic (exact) mass is 236 g/mol. The first-order valence-electron chi connectivity index (χ1n) is 4.63. The Labute approximate surface area is 97.2 Å². The van der Waals surface area contributed by atoms with Gasteiger partial charge >= 0.3 is 0 Å². The Hall–Kier alpha value is -1.89. The number of nitrogen functional groups attached to an aromatic ring is 1. The highest BCUT2D eigenvalue weighted by Crippen LogP contribution is 2.27. The smallest absolute Gasteiger partial charge is 0.188 e. The second-order valence-electron chi connectivity index (χ2n) is 3.32. The van der Waals surface area contributed by atoms with Crippen LogP contribution in [0.25, 0.3) is 0 Å². The lowest BCUT2D eigenvalue weighted by atomic mass is 10.4. The van der Waals surface area contributed by atoms with Gasteiger partial charge < -0.3 is 16.0 Å². The average molecular weight is 236 g/mol. The Bertz CT molecular complexity index is 467. The molecule has 2 heterocycles. The van der Waals surface area contributed by atoms with E-state index in [0.717, 1.165) is 5.13 Å². The Morgan fingerprint density at radius 3 is 2.75 bits per heavy atom. The van der Waals surface area contributed by atoms with Gasteiger partial charge in [0.15, 0.2) is 16.8 Å². The largest absolute Gasteiger partial charge is 0.393 e. The lowest BCUT2D eigenvalue weighted by Gasteiger charge is -2.15. The molecule has 0 aromatic carbocycles. The molecule has 0 saturated carbocycles. The van der Waals surface area contributed by atoms with Crippen molar-refractivity contribution in [1.82, 2.24) is 15.0 Å². The van der Waals surface area contributed by atoms with Crippen LogP contribution in [0.2, 0.25) is 0 Å². The average Bonchev–Trinajstić information content (AvgIpc) is 2.73. The van der Waals surface area contributed by atoms with Crippen molar-refractivity contribution < 1.29 is 0 Å². The SMILES string of the molecule is CN(C)c1ncnc(Nc2nccs2)c1N. The van der Waals surface area contributed by atoms with Gasteiger partial charge in [0.05, 0.1) is 0 Å². The molecule has 0 fully saturated rings. The molecule has 0 saturated heterocycles. The van der Waals surface area contributed by atoms with Crippen molar-refractivity contribution in [3.8, 4) is 0 Å². The first-order valence-corrected chi connectivity index (χ1v) is 5.50. The molecule has 6 nitrogen and oxygen atoms in total. The predicted molar refractivity (Wildman–Crippen MR) is 66.2 cm³/mol. The Kier molecular flexibility index (Phi) is 2.86. The van der Waals surface area contributed by atoms with Crippen molar-refractivity contribution in [2.45, 2.75) is 0 Å². The second kappa shape index (κ2) is 4.31. The molecule has 0 atom stereocenters. The standard InChI is InChI=1S/C9H12N6S/c1-15(2)8-6(10)7(12-5-13-8)14-9-11-3-4-16-9/h3-5H,10H2,1-2H3,(H,11,12,13,14). The van der Waals surface area contributed by atoms with E-state index in [1.54, 1.807) is 6.20 Å². The lowest BCUT2D eigenvalue weighted by molar-refractivity contribution is 1.04. The zero-order valence-electron chi connectivity index (χ0n) is 9.01. The number of anilines is 4. The molecule has 2 aromatic heterocycles. The van der Waals surface area contributed by atoms with Crippen LogP contribution in [-0.2, 0) is 0 Å². The Balaban J connectivity index is 2.31. The number of thiazole rings is 1. The highest BCUT2D eigenvalue weighted by molar-refractivity contribution is 7.13. The predicted octanol–water partition coefficient (Wildman–Crippen LogP) is 1.32. The van der Waals surface area contributed by atoms with Crippen molar-refractivity contribution in [3.63, 3.8) is 0 Å². The molecule has 7 heteroatoms. The third-order valence-electron chi connectivity index (χ3n) is 1.94. The minimum absolute atomic E-state index is 0.516. The van der Waals surface area contributed by atoms with E-state index in [1.165, 1.54) is 17.7 Å². The summed E-state index contributed by atoms with van der Waals surface area (Å²) in [6, 6.07) is 0. The van der Waals surface area contributed by atoms with E-state index in [2.05, 4.69) is 20.3 Å². The molecule has 0 unspecified atom stereocenters.